The molecule has 2 aromatic carbocycles. The summed E-state index contributed by atoms with van der Waals surface area (Å²) in [4.78, 5) is 28.1. The molecule has 0 aliphatic rings. The number of nitrogens with one attached hydrogen (secondary N) is 1. The van der Waals surface area contributed by atoms with Crippen molar-refractivity contribution in [3.05, 3.63) is 81.7 Å². The molecule has 10 heteroatoms. The van der Waals surface area contributed by atoms with Crippen LogP contribution in [0.25, 0.3) is 16.4 Å². The molecular formula is C21H17N5O4S. The lowest BCUT2D eigenvalue weighted by Crippen LogP contribution is -2.12. The van der Waals surface area contributed by atoms with Crippen molar-refractivity contribution < 1.29 is 14.5 Å². The molecule has 0 fully saturated rings. The van der Waals surface area contributed by atoms with E-state index in [0.717, 1.165) is 10.6 Å². The van der Waals surface area contributed by atoms with Gasteiger partial charge in [-0.15, -0.1) is 16.4 Å². The summed E-state index contributed by atoms with van der Waals surface area (Å²) in [5, 5.41) is 19.9. The number of ether oxygens (including phenoxy) is 1. The Kier molecular flexibility index (Phi) is 5.72. The van der Waals surface area contributed by atoms with E-state index in [0.29, 0.717) is 29.7 Å². The molecule has 0 bridgehead atoms. The standard InChI is InChI=1S/C21H17N5O4S/c1-2-30-21-23-19(18-4-3-13-31-18)25(24-21)16-11-7-15(8-12-16)22-20(27)14-5-9-17(10-6-14)26(28)29/h3-13H,2H2,1H3,(H,22,27). The van der Waals surface area contributed by atoms with Crippen LogP contribution in [0.1, 0.15) is 17.3 Å². The number of nitro groups is 1. The number of aromatic nitrogens is 3. The number of thiophene rings is 1. The Morgan fingerprint density at radius 2 is 1.90 bits per heavy atom. The summed E-state index contributed by atoms with van der Waals surface area (Å²) in [6.07, 6.45) is 0. The first-order valence-electron chi connectivity index (χ1n) is 9.35. The fraction of sp³-hybridized carbons (Fsp3) is 0.0952. The average molecular weight is 435 g/mol. The van der Waals surface area contributed by atoms with E-state index in [4.69, 9.17) is 4.74 Å². The van der Waals surface area contributed by atoms with Gasteiger partial charge in [0.25, 0.3) is 11.6 Å². The van der Waals surface area contributed by atoms with E-state index >= 15 is 0 Å². The van der Waals surface area contributed by atoms with Gasteiger partial charge in [-0.25, -0.2) is 4.68 Å². The van der Waals surface area contributed by atoms with Crippen molar-refractivity contribution in [1.29, 1.82) is 0 Å². The molecule has 0 aliphatic carbocycles. The lowest BCUT2D eigenvalue weighted by molar-refractivity contribution is -0.384. The summed E-state index contributed by atoms with van der Waals surface area (Å²) in [5.74, 6) is 0.308. The molecule has 4 rings (SSSR count). The van der Waals surface area contributed by atoms with Crippen molar-refractivity contribution >= 4 is 28.6 Å². The zero-order valence-corrected chi connectivity index (χ0v) is 17.2. The van der Waals surface area contributed by atoms with E-state index in [1.54, 1.807) is 28.2 Å². The molecule has 0 saturated heterocycles. The van der Waals surface area contributed by atoms with Gasteiger partial charge < -0.3 is 10.1 Å². The molecule has 0 radical (unpaired) electrons. The third-order valence-corrected chi connectivity index (χ3v) is 5.18. The highest BCUT2D eigenvalue weighted by Crippen LogP contribution is 2.28. The Balaban J connectivity index is 1.54. The smallest absolute Gasteiger partial charge is 0.336 e. The number of amides is 1. The van der Waals surface area contributed by atoms with Gasteiger partial charge in [0, 0.05) is 23.4 Å². The van der Waals surface area contributed by atoms with E-state index in [1.165, 1.54) is 24.3 Å². The molecule has 1 N–H and O–H groups in total. The number of hydrogen-bond donors (Lipinski definition) is 1. The summed E-state index contributed by atoms with van der Waals surface area (Å²) in [6.45, 7) is 2.33. The normalized spacial score (nSPS) is 10.6. The molecule has 4 aromatic rings. The topological polar surface area (TPSA) is 112 Å². The first-order valence-corrected chi connectivity index (χ1v) is 10.2. The zero-order chi connectivity index (χ0) is 21.8. The lowest BCUT2D eigenvalue weighted by Gasteiger charge is -2.08. The van der Waals surface area contributed by atoms with Crippen LogP contribution in [-0.2, 0) is 0 Å². The average Bonchev–Trinajstić information content (AvgIpc) is 3.44. The Morgan fingerprint density at radius 3 is 2.52 bits per heavy atom. The second-order valence-electron chi connectivity index (χ2n) is 6.35. The van der Waals surface area contributed by atoms with E-state index < -0.39 is 4.92 Å². The minimum atomic E-state index is -0.508. The van der Waals surface area contributed by atoms with Crippen molar-refractivity contribution in [1.82, 2.24) is 14.8 Å². The third kappa shape index (κ3) is 4.43. The van der Waals surface area contributed by atoms with Gasteiger partial charge in [0.15, 0.2) is 5.82 Å². The van der Waals surface area contributed by atoms with Crippen LogP contribution in [0.3, 0.4) is 0 Å². The molecule has 2 aromatic heterocycles. The number of rotatable bonds is 7. The van der Waals surface area contributed by atoms with Gasteiger partial charge in [0.1, 0.15) is 0 Å². The van der Waals surface area contributed by atoms with Gasteiger partial charge in [-0.2, -0.15) is 4.98 Å². The fourth-order valence-corrected chi connectivity index (χ4v) is 3.55. The van der Waals surface area contributed by atoms with Crippen LogP contribution >= 0.6 is 11.3 Å². The maximum Gasteiger partial charge on any atom is 0.336 e. The maximum absolute atomic E-state index is 12.4. The quantitative estimate of drug-likeness (QED) is 0.336. The summed E-state index contributed by atoms with van der Waals surface area (Å²) in [7, 11) is 0. The highest BCUT2D eigenvalue weighted by atomic mass is 32.1. The number of non-ortho nitro benzene ring substituents is 1. The lowest BCUT2D eigenvalue weighted by atomic mass is 10.2. The molecule has 0 unspecified atom stereocenters. The minimum Gasteiger partial charge on any atom is -0.463 e. The van der Waals surface area contributed by atoms with E-state index in [9.17, 15) is 14.9 Å². The second-order valence-corrected chi connectivity index (χ2v) is 7.29. The number of benzene rings is 2. The van der Waals surface area contributed by atoms with Crippen molar-refractivity contribution in [2.45, 2.75) is 6.92 Å². The molecular weight excluding hydrogens is 418 g/mol. The van der Waals surface area contributed by atoms with E-state index in [2.05, 4.69) is 15.4 Å². The predicted octanol–water partition coefficient (Wildman–Crippen LogP) is 4.56. The van der Waals surface area contributed by atoms with Crippen LogP contribution in [0, 0.1) is 10.1 Å². The van der Waals surface area contributed by atoms with Crippen LogP contribution in [0.2, 0.25) is 0 Å². The predicted molar refractivity (Wildman–Crippen MR) is 117 cm³/mol. The number of carbonyl (C=O) groups excluding carboxylic acids is 1. The molecule has 0 atom stereocenters. The van der Waals surface area contributed by atoms with Gasteiger partial charge in [-0.1, -0.05) is 6.07 Å². The summed E-state index contributed by atoms with van der Waals surface area (Å²) >= 11 is 1.55. The van der Waals surface area contributed by atoms with Gasteiger partial charge in [0.05, 0.1) is 22.1 Å². The van der Waals surface area contributed by atoms with E-state index in [1.807, 2.05) is 36.6 Å². The van der Waals surface area contributed by atoms with Gasteiger partial charge in [-0.3, -0.25) is 14.9 Å². The number of anilines is 1. The van der Waals surface area contributed by atoms with Gasteiger partial charge >= 0.3 is 6.01 Å². The summed E-state index contributed by atoms with van der Waals surface area (Å²) < 4.78 is 7.15. The highest BCUT2D eigenvalue weighted by Gasteiger charge is 2.16. The summed E-state index contributed by atoms with van der Waals surface area (Å²) in [6, 6.07) is 16.7. The fourth-order valence-electron chi connectivity index (χ4n) is 2.85. The van der Waals surface area contributed by atoms with Crippen LogP contribution in [0.15, 0.2) is 66.0 Å². The van der Waals surface area contributed by atoms with Crippen LogP contribution in [0.4, 0.5) is 11.4 Å². The van der Waals surface area contributed by atoms with Crippen molar-refractivity contribution in [2.24, 2.45) is 0 Å². The summed E-state index contributed by atoms with van der Waals surface area (Å²) in [5.41, 5.74) is 1.60. The Bertz CT molecular complexity index is 1200. The molecule has 1 amide bonds. The monoisotopic (exact) mass is 435 g/mol. The zero-order valence-electron chi connectivity index (χ0n) is 16.4. The molecule has 0 saturated carbocycles. The van der Waals surface area contributed by atoms with Gasteiger partial charge in [-0.05, 0) is 54.8 Å². The molecule has 9 nitrogen and oxygen atoms in total. The number of nitrogens with zero attached hydrogens (tertiary/aromatic N) is 4. The van der Waals surface area contributed by atoms with E-state index in [-0.39, 0.29) is 11.6 Å². The Hall–Kier alpha value is -4.05. The largest absolute Gasteiger partial charge is 0.463 e. The first-order chi connectivity index (χ1) is 15.0. The van der Waals surface area contributed by atoms with Crippen molar-refractivity contribution in [3.8, 4) is 22.4 Å². The second kappa shape index (κ2) is 8.76. The highest BCUT2D eigenvalue weighted by molar-refractivity contribution is 7.13. The minimum absolute atomic E-state index is 0.0679. The maximum atomic E-state index is 12.4. The molecule has 0 aliphatic heterocycles. The van der Waals surface area contributed by atoms with Crippen molar-refractivity contribution in [3.63, 3.8) is 0 Å². The molecule has 0 spiro atoms. The van der Waals surface area contributed by atoms with Gasteiger partial charge in [0.2, 0.25) is 0 Å². The Morgan fingerprint density at radius 1 is 1.16 bits per heavy atom. The molecule has 156 valence electrons. The molecule has 31 heavy (non-hydrogen) atoms. The first kappa shape index (κ1) is 20.2. The Labute approximate surface area is 181 Å². The molecule has 2 heterocycles. The van der Waals surface area contributed by atoms with Crippen LogP contribution in [-0.4, -0.2) is 32.2 Å². The van der Waals surface area contributed by atoms with Crippen molar-refractivity contribution in [2.75, 3.05) is 11.9 Å². The number of hydrogen-bond acceptors (Lipinski definition) is 7. The number of carbonyl (C=O) groups is 1. The number of nitro benzene ring substituents is 1. The third-order valence-electron chi connectivity index (χ3n) is 4.31. The van der Waals surface area contributed by atoms with Crippen LogP contribution < -0.4 is 10.1 Å². The SMILES string of the molecule is CCOc1nc(-c2cccs2)n(-c2ccc(NC(=O)c3ccc([N+](=O)[O-])cc3)cc2)n1. The van der Waals surface area contributed by atoms with Crippen LogP contribution in [0.5, 0.6) is 6.01 Å².